The quantitative estimate of drug-likeness (QED) is 0.696. The molecule has 0 saturated carbocycles. The van der Waals surface area contributed by atoms with Gasteiger partial charge >= 0.3 is 0 Å². The number of hydrogen-bond donors (Lipinski definition) is 0. The topological polar surface area (TPSA) is 55.2 Å². The zero-order chi connectivity index (χ0) is 19.7. The Balaban J connectivity index is 1.65. The van der Waals surface area contributed by atoms with E-state index in [1.54, 1.807) is 10.6 Å². The highest BCUT2D eigenvalue weighted by Crippen LogP contribution is 2.21. The number of aromatic nitrogens is 2. The SMILES string of the molecule is CC[C@H]1CCCN(C(=O)c2ccc(-n3c(C)nc4ccccc4c3=O)cc2)C1. The summed E-state index contributed by atoms with van der Waals surface area (Å²) in [6.07, 6.45) is 3.38. The second-order valence-corrected chi connectivity index (χ2v) is 7.53. The number of aryl methyl sites for hydroxylation is 1. The highest BCUT2D eigenvalue weighted by Gasteiger charge is 2.23. The lowest BCUT2D eigenvalue weighted by Gasteiger charge is -2.32. The standard InChI is InChI=1S/C23H25N3O2/c1-3-17-7-6-14-25(15-17)22(27)18-10-12-19(13-11-18)26-16(2)24-21-9-5-4-8-20(21)23(26)28/h4-5,8-13,17H,3,6-7,14-15H2,1-2H3/t17-/m0/s1. The maximum atomic E-state index is 12.9. The number of piperidine rings is 1. The molecule has 2 heterocycles. The minimum atomic E-state index is -0.0935. The number of benzene rings is 2. The van der Waals surface area contributed by atoms with Gasteiger partial charge in [0, 0.05) is 18.7 Å². The Bertz CT molecular complexity index is 1070. The van der Waals surface area contributed by atoms with Crippen LogP contribution in [-0.4, -0.2) is 33.4 Å². The van der Waals surface area contributed by atoms with Crippen LogP contribution in [0.1, 0.15) is 42.4 Å². The number of hydrogen-bond acceptors (Lipinski definition) is 3. The van der Waals surface area contributed by atoms with Crippen LogP contribution in [0.3, 0.4) is 0 Å². The van der Waals surface area contributed by atoms with Crippen molar-refractivity contribution in [2.75, 3.05) is 13.1 Å². The summed E-state index contributed by atoms with van der Waals surface area (Å²) in [5.74, 6) is 1.30. The lowest BCUT2D eigenvalue weighted by atomic mass is 9.95. The maximum Gasteiger partial charge on any atom is 0.265 e. The van der Waals surface area contributed by atoms with Crippen LogP contribution in [0.15, 0.2) is 53.3 Å². The molecule has 0 spiro atoms. The second-order valence-electron chi connectivity index (χ2n) is 7.53. The van der Waals surface area contributed by atoms with Gasteiger partial charge in [0.25, 0.3) is 11.5 Å². The zero-order valence-electron chi connectivity index (χ0n) is 16.4. The summed E-state index contributed by atoms with van der Waals surface area (Å²) in [7, 11) is 0. The van der Waals surface area contributed by atoms with Crippen molar-refractivity contribution in [3.8, 4) is 5.69 Å². The monoisotopic (exact) mass is 375 g/mol. The fourth-order valence-corrected chi connectivity index (χ4v) is 4.07. The molecule has 2 aromatic carbocycles. The summed E-state index contributed by atoms with van der Waals surface area (Å²) in [5, 5.41) is 0.590. The molecule has 1 fully saturated rings. The van der Waals surface area contributed by atoms with E-state index in [1.807, 2.05) is 54.3 Å². The molecular formula is C23H25N3O2. The number of amides is 1. The normalized spacial score (nSPS) is 17.1. The van der Waals surface area contributed by atoms with Crippen LogP contribution < -0.4 is 5.56 Å². The van der Waals surface area contributed by atoms with Crippen LogP contribution in [0.25, 0.3) is 16.6 Å². The summed E-state index contributed by atoms with van der Waals surface area (Å²) in [4.78, 5) is 32.3. The van der Waals surface area contributed by atoms with Gasteiger partial charge in [-0.05, 0) is 62.1 Å². The Morgan fingerprint density at radius 3 is 2.64 bits per heavy atom. The van der Waals surface area contributed by atoms with E-state index in [9.17, 15) is 9.59 Å². The van der Waals surface area contributed by atoms with Gasteiger partial charge in [-0.15, -0.1) is 0 Å². The van der Waals surface area contributed by atoms with Gasteiger partial charge in [-0.2, -0.15) is 0 Å². The number of likely N-dealkylation sites (tertiary alicyclic amines) is 1. The van der Waals surface area contributed by atoms with Gasteiger partial charge in [0.1, 0.15) is 5.82 Å². The lowest BCUT2D eigenvalue weighted by molar-refractivity contribution is 0.0671. The van der Waals surface area contributed by atoms with Crippen LogP contribution in [0.5, 0.6) is 0 Å². The van der Waals surface area contributed by atoms with E-state index < -0.39 is 0 Å². The third-order valence-corrected chi connectivity index (χ3v) is 5.70. The predicted molar refractivity (Wildman–Crippen MR) is 111 cm³/mol. The Morgan fingerprint density at radius 1 is 1.14 bits per heavy atom. The van der Waals surface area contributed by atoms with Crippen molar-refractivity contribution in [2.45, 2.75) is 33.1 Å². The van der Waals surface area contributed by atoms with E-state index >= 15 is 0 Å². The molecule has 1 atom stereocenters. The van der Waals surface area contributed by atoms with E-state index in [0.717, 1.165) is 31.6 Å². The van der Waals surface area contributed by atoms with Crippen LogP contribution in [0, 0.1) is 12.8 Å². The second kappa shape index (κ2) is 7.58. The van der Waals surface area contributed by atoms with E-state index in [4.69, 9.17) is 0 Å². The van der Waals surface area contributed by atoms with Gasteiger partial charge in [0.2, 0.25) is 0 Å². The molecule has 0 unspecified atom stereocenters. The average Bonchev–Trinajstić information content (AvgIpc) is 2.74. The number of rotatable bonds is 3. The summed E-state index contributed by atoms with van der Waals surface area (Å²) in [6.45, 7) is 5.67. The fourth-order valence-electron chi connectivity index (χ4n) is 4.07. The molecule has 0 N–H and O–H groups in total. The Morgan fingerprint density at radius 2 is 1.89 bits per heavy atom. The van der Waals surface area contributed by atoms with Crippen LogP contribution in [0.4, 0.5) is 0 Å². The largest absolute Gasteiger partial charge is 0.338 e. The van der Waals surface area contributed by atoms with Crippen molar-refractivity contribution in [1.29, 1.82) is 0 Å². The van der Waals surface area contributed by atoms with Gasteiger partial charge in [-0.25, -0.2) is 4.98 Å². The van der Waals surface area contributed by atoms with E-state index in [0.29, 0.717) is 28.2 Å². The Hall–Kier alpha value is -2.95. The molecule has 4 rings (SSSR count). The molecule has 0 bridgehead atoms. The summed E-state index contributed by atoms with van der Waals surface area (Å²) in [6, 6.07) is 14.6. The molecule has 144 valence electrons. The first kappa shape index (κ1) is 18.4. The van der Waals surface area contributed by atoms with Crippen molar-refractivity contribution in [3.63, 3.8) is 0 Å². The third kappa shape index (κ3) is 3.33. The number of fused-ring (bicyclic) bond motifs is 1. The van der Waals surface area contributed by atoms with Crippen molar-refractivity contribution in [1.82, 2.24) is 14.5 Å². The highest BCUT2D eigenvalue weighted by molar-refractivity contribution is 5.94. The first-order valence-electron chi connectivity index (χ1n) is 9.96. The molecule has 1 aromatic heterocycles. The average molecular weight is 375 g/mol. The van der Waals surface area contributed by atoms with Crippen molar-refractivity contribution in [3.05, 3.63) is 70.3 Å². The van der Waals surface area contributed by atoms with E-state index in [-0.39, 0.29) is 11.5 Å². The minimum Gasteiger partial charge on any atom is -0.338 e. The molecule has 3 aromatic rings. The van der Waals surface area contributed by atoms with Crippen LogP contribution in [-0.2, 0) is 0 Å². The molecule has 28 heavy (non-hydrogen) atoms. The van der Waals surface area contributed by atoms with Gasteiger partial charge in [-0.3, -0.25) is 14.2 Å². The summed E-state index contributed by atoms with van der Waals surface area (Å²) in [5.41, 5.74) is 2.00. The van der Waals surface area contributed by atoms with Crippen LogP contribution >= 0.6 is 0 Å². The molecule has 0 radical (unpaired) electrons. The van der Waals surface area contributed by atoms with Crippen molar-refractivity contribution < 1.29 is 4.79 Å². The van der Waals surface area contributed by atoms with Crippen molar-refractivity contribution in [2.24, 2.45) is 5.92 Å². The summed E-state index contributed by atoms with van der Waals surface area (Å²) >= 11 is 0. The highest BCUT2D eigenvalue weighted by atomic mass is 16.2. The molecule has 1 aliphatic rings. The maximum absolute atomic E-state index is 12.9. The smallest absolute Gasteiger partial charge is 0.265 e. The van der Waals surface area contributed by atoms with Gasteiger partial charge < -0.3 is 4.90 Å². The Labute approximate surface area is 164 Å². The van der Waals surface area contributed by atoms with Gasteiger partial charge in [-0.1, -0.05) is 25.5 Å². The number of nitrogens with zero attached hydrogens (tertiary/aromatic N) is 3. The predicted octanol–water partition coefficient (Wildman–Crippen LogP) is 3.96. The van der Waals surface area contributed by atoms with Crippen molar-refractivity contribution >= 4 is 16.8 Å². The number of carbonyl (C=O) groups is 1. The molecule has 0 aliphatic carbocycles. The van der Waals surface area contributed by atoms with E-state index in [2.05, 4.69) is 11.9 Å². The first-order valence-corrected chi connectivity index (χ1v) is 9.96. The summed E-state index contributed by atoms with van der Waals surface area (Å²) < 4.78 is 1.60. The Kier molecular flexibility index (Phi) is 4.99. The third-order valence-electron chi connectivity index (χ3n) is 5.70. The number of carbonyl (C=O) groups excluding carboxylic acids is 1. The molecule has 1 amide bonds. The first-order chi connectivity index (χ1) is 13.6. The molecule has 1 aliphatic heterocycles. The van der Waals surface area contributed by atoms with E-state index in [1.165, 1.54) is 6.42 Å². The van der Waals surface area contributed by atoms with Gasteiger partial charge in [0.15, 0.2) is 0 Å². The molecule has 5 heteroatoms. The molecular weight excluding hydrogens is 350 g/mol. The molecule has 1 saturated heterocycles. The lowest BCUT2D eigenvalue weighted by Crippen LogP contribution is -2.39. The fraction of sp³-hybridized carbons (Fsp3) is 0.348. The number of para-hydroxylation sites is 1. The molecule has 5 nitrogen and oxygen atoms in total. The zero-order valence-corrected chi connectivity index (χ0v) is 16.4. The van der Waals surface area contributed by atoms with Gasteiger partial charge in [0.05, 0.1) is 16.6 Å². The van der Waals surface area contributed by atoms with Crippen LogP contribution in [0.2, 0.25) is 0 Å². The minimum absolute atomic E-state index is 0.0744.